The van der Waals surface area contributed by atoms with Crippen LogP contribution in [0.1, 0.15) is 0 Å². The molecule has 1 aliphatic heterocycles. The van der Waals surface area contributed by atoms with Crippen molar-refractivity contribution in [1.29, 1.82) is 0 Å². The van der Waals surface area contributed by atoms with Gasteiger partial charge in [0.25, 0.3) is 0 Å². The Balaban J connectivity index is 0.000000810. The van der Waals surface area contributed by atoms with E-state index in [0.717, 1.165) is 26.3 Å². The first-order chi connectivity index (χ1) is 4.30. The average molecular weight is 201 g/mol. The minimum atomic E-state index is 0. The molecule has 0 aromatic rings. The quantitative estimate of drug-likeness (QED) is 0.238. The summed E-state index contributed by atoms with van der Waals surface area (Å²) in [6, 6.07) is 0. The Labute approximate surface area is 115 Å². The fourth-order valence-electron chi connectivity index (χ4n) is 0.746. The molecule has 0 amide bonds. The van der Waals surface area contributed by atoms with Crippen molar-refractivity contribution in [1.82, 2.24) is 4.90 Å². The molecule has 1 aliphatic rings. The zero-order valence-electron chi connectivity index (χ0n) is 6.00. The third kappa shape index (κ3) is 3.92. The van der Waals surface area contributed by atoms with Gasteiger partial charge in [0, 0.05) is 13.1 Å². The minimum Gasteiger partial charge on any atom is -0.411 e. The van der Waals surface area contributed by atoms with E-state index in [1.807, 2.05) is 4.90 Å². The molecule has 52 valence electrons. The summed E-state index contributed by atoms with van der Waals surface area (Å²) in [5, 5.41) is 0. The zero-order chi connectivity index (χ0) is 6.69. The Kier molecular flexibility index (Phi) is 7.31. The van der Waals surface area contributed by atoms with Gasteiger partial charge < -0.3 is 34.5 Å². The van der Waals surface area contributed by atoms with Crippen LogP contribution in [-0.2, 0) is 17.4 Å². The molecular weight excluding hydrogens is 193 g/mol. The maximum absolute atomic E-state index is 5.10. The van der Waals surface area contributed by atoms with Crippen molar-refractivity contribution in [2.24, 2.45) is 0 Å². The van der Waals surface area contributed by atoms with Gasteiger partial charge in [-0.3, -0.25) is 0 Å². The second-order valence-corrected chi connectivity index (χ2v) is 2.90. The summed E-state index contributed by atoms with van der Waals surface area (Å²) >= 11 is 9.60. The van der Waals surface area contributed by atoms with Crippen molar-refractivity contribution in [3.63, 3.8) is 0 Å². The van der Waals surface area contributed by atoms with Crippen molar-refractivity contribution in [2.75, 3.05) is 26.3 Å². The fourth-order valence-corrected chi connectivity index (χ4v) is 1.11. The number of hydrogen-bond acceptors (Lipinski definition) is 3. The van der Waals surface area contributed by atoms with E-state index in [1.165, 1.54) is 0 Å². The largest absolute Gasteiger partial charge is 1.00 e. The maximum Gasteiger partial charge on any atom is 1.00 e. The molecule has 0 aliphatic carbocycles. The number of rotatable bonds is 0. The van der Waals surface area contributed by atoms with Crippen LogP contribution in [0.25, 0.3) is 0 Å². The SMILES string of the molecule is S=C([S-])N1CCOCC1.[K+]. The van der Waals surface area contributed by atoms with Crippen molar-refractivity contribution >= 4 is 29.2 Å². The van der Waals surface area contributed by atoms with Crippen LogP contribution in [0.4, 0.5) is 0 Å². The van der Waals surface area contributed by atoms with Crippen LogP contribution < -0.4 is 51.4 Å². The topological polar surface area (TPSA) is 12.5 Å². The summed E-state index contributed by atoms with van der Waals surface area (Å²) < 4.78 is 5.67. The van der Waals surface area contributed by atoms with Crippen LogP contribution in [0.3, 0.4) is 0 Å². The summed E-state index contributed by atoms with van der Waals surface area (Å²) in [6.45, 7) is 3.25. The summed E-state index contributed by atoms with van der Waals surface area (Å²) in [5.41, 5.74) is 0. The molecule has 0 spiro atoms. The molecule has 0 aromatic carbocycles. The van der Waals surface area contributed by atoms with E-state index in [0.29, 0.717) is 4.32 Å². The van der Waals surface area contributed by atoms with E-state index in [9.17, 15) is 0 Å². The fraction of sp³-hybridized carbons (Fsp3) is 0.800. The Hall–Kier alpha value is 1.71. The van der Waals surface area contributed by atoms with E-state index >= 15 is 0 Å². The van der Waals surface area contributed by atoms with Gasteiger partial charge >= 0.3 is 51.4 Å². The molecule has 0 atom stereocenters. The first-order valence-electron chi connectivity index (χ1n) is 2.84. The van der Waals surface area contributed by atoms with E-state index < -0.39 is 0 Å². The Bertz CT molecular complexity index is 116. The molecule has 10 heavy (non-hydrogen) atoms. The maximum atomic E-state index is 5.10. The van der Waals surface area contributed by atoms with Crippen LogP contribution in [0.5, 0.6) is 0 Å². The molecular formula is C5H8KNOS2. The van der Waals surface area contributed by atoms with Crippen molar-refractivity contribution in [3.05, 3.63) is 0 Å². The van der Waals surface area contributed by atoms with Crippen molar-refractivity contribution in [2.45, 2.75) is 0 Å². The minimum absolute atomic E-state index is 0. The monoisotopic (exact) mass is 201 g/mol. The Morgan fingerprint density at radius 1 is 1.40 bits per heavy atom. The molecule has 1 saturated heterocycles. The standard InChI is InChI=1S/C5H9NOS2.K/c8-5(9)6-1-3-7-4-2-6;/h1-4H2,(H,8,9);/q;+1/p-1. The molecule has 2 nitrogen and oxygen atoms in total. The van der Waals surface area contributed by atoms with Gasteiger partial charge in [0.1, 0.15) is 0 Å². The number of ether oxygens (including phenoxy) is 1. The smallest absolute Gasteiger partial charge is 0.411 e. The third-order valence-corrected chi connectivity index (χ3v) is 1.79. The summed E-state index contributed by atoms with van der Waals surface area (Å²) in [7, 11) is 0. The molecule has 0 N–H and O–H groups in total. The van der Waals surface area contributed by atoms with E-state index in [4.69, 9.17) is 29.6 Å². The average Bonchev–Trinajstić information content (AvgIpc) is 1.90. The molecule has 5 heteroatoms. The molecule has 0 bridgehead atoms. The molecule has 0 saturated carbocycles. The molecule has 0 radical (unpaired) electrons. The van der Waals surface area contributed by atoms with Crippen LogP contribution in [-0.4, -0.2) is 35.5 Å². The second-order valence-electron chi connectivity index (χ2n) is 1.87. The third-order valence-electron chi connectivity index (χ3n) is 1.27. The number of thiocarbonyl (C=S) groups is 1. The Morgan fingerprint density at radius 2 is 1.90 bits per heavy atom. The van der Waals surface area contributed by atoms with Crippen molar-refractivity contribution in [3.8, 4) is 0 Å². The van der Waals surface area contributed by atoms with Gasteiger partial charge in [-0.25, -0.2) is 0 Å². The first kappa shape index (κ1) is 11.7. The van der Waals surface area contributed by atoms with Crippen LogP contribution in [0.15, 0.2) is 0 Å². The van der Waals surface area contributed by atoms with E-state index in [-0.39, 0.29) is 51.4 Å². The van der Waals surface area contributed by atoms with E-state index in [1.54, 1.807) is 0 Å². The van der Waals surface area contributed by atoms with Crippen LogP contribution >= 0.6 is 12.2 Å². The normalized spacial score (nSPS) is 17.8. The van der Waals surface area contributed by atoms with Gasteiger partial charge in [0.2, 0.25) is 0 Å². The molecule has 0 unspecified atom stereocenters. The predicted octanol–water partition coefficient (Wildman–Crippen LogP) is -2.85. The van der Waals surface area contributed by atoms with Gasteiger partial charge in [-0.2, -0.15) is 0 Å². The number of hydrogen-bond donors (Lipinski definition) is 0. The molecule has 0 aromatic heterocycles. The number of morpholine rings is 1. The number of nitrogens with zero attached hydrogens (tertiary/aromatic N) is 1. The molecule has 1 fully saturated rings. The van der Waals surface area contributed by atoms with Gasteiger partial charge in [0.15, 0.2) is 0 Å². The predicted molar refractivity (Wildman–Crippen MR) is 42.4 cm³/mol. The van der Waals surface area contributed by atoms with Gasteiger partial charge in [-0.1, -0.05) is 4.32 Å². The van der Waals surface area contributed by atoms with Crippen LogP contribution in [0, 0.1) is 0 Å². The summed E-state index contributed by atoms with van der Waals surface area (Å²) in [5.74, 6) is 0. The van der Waals surface area contributed by atoms with Gasteiger partial charge in [-0.15, -0.1) is 0 Å². The summed E-state index contributed by atoms with van der Waals surface area (Å²) in [6.07, 6.45) is 0. The van der Waals surface area contributed by atoms with Crippen LogP contribution in [0.2, 0.25) is 0 Å². The van der Waals surface area contributed by atoms with Crippen molar-refractivity contribution < 1.29 is 56.1 Å². The summed E-state index contributed by atoms with van der Waals surface area (Å²) in [4.78, 5) is 1.98. The second kappa shape index (κ2) is 6.25. The molecule has 1 heterocycles. The van der Waals surface area contributed by atoms with Gasteiger partial charge in [0.05, 0.1) is 13.2 Å². The molecule has 1 rings (SSSR count). The zero-order valence-corrected chi connectivity index (χ0v) is 10.8. The first-order valence-corrected chi connectivity index (χ1v) is 3.66. The van der Waals surface area contributed by atoms with Gasteiger partial charge in [-0.05, 0) is 0 Å². The van der Waals surface area contributed by atoms with E-state index in [2.05, 4.69) is 0 Å². The Morgan fingerprint density at radius 3 is 2.20 bits per heavy atom.